The first-order valence-electron chi connectivity index (χ1n) is 37.7. The molecule has 0 saturated carbocycles. The Morgan fingerprint density at radius 1 is 0.232 bits per heavy atom. The van der Waals surface area contributed by atoms with Gasteiger partial charge < -0.3 is 14.2 Å². The molecular weight excluding hydrogens is 1010 g/mol. The summed E-state index contributed by atoms with van der Waals surface area (Å²) in [6, 6.07) is 0. The Morgan fingerprint density at radius 2 is 0.402 bits per heavy atom. The Balaban J connectivity index is 4.26. The van der Waals surface area contributed by atoms with Crippen molar-refractivity contribution in [2.45, 2.75) is 444 Å². The summed E-state index contributed by atoms with van der Waals surface area (Å²) in [5.74, 6) is -0.828. The Kier molecular flexibility index (Phi) is 70.0. The van der Waals surface area contributed by atoms with E-state index in [4.69, 9.17) is 14.2 Å². The molecule has 0 radical (unpaired) electrons. The minimum Gasteiger partial charge on any atom is -0.462 e. The van der Waals surface area contributed by atoms with Crippen molar-refractivity contribution in [3.63, 3.8) is 0 Å². The van der Waals surface area contributed by atoms with Crippen LogP contribution >= 0.6 is 0 Å². The second kappa shape index (κ2) is 71.6. The fourth-order valence-electron chi connectivity index (χ4n) is 11.9. The first kappa shape index (κ1) is 80.2. The Bertz CT molecular complexity index is 1280. The van der Waals surface area contributed by atoms with E-state index in [9.17, 15) is 14.4 Å². The fraction of sp³-hybridized carbons (Fsp3) is 0.934. The highest BCUT2D eigenvalue weighted by atomic mass is 16.6. The molecule has 0 heterocycles. The average Bonchev–Trinajstić information content (AvgIpc) is 3.47. The van der Waals surface area contributed by atoms with Crippen molar-refractivity contribution in [1.29, 1.82) is 0 Å². The molecule has 0 aromatic rings. The lowest BCUT2D eigenvalue weighted by molar-refractivity contribution is -0.167. The van der Waals surface area contributed by atoms with Gasteiger partial charge in [0.15, 0.2) is 6.10 Å². The van der Waals surface area contributed by atoms with Crippen molar-refractivity contribution in [2.24, 2.45) is 0 Å². The summed E-state index contributed by atoms with van der Waals surface area (Å²) < 4.78 is 17.1. The maximum Gasteiger partial charge on any atom is 0.306 e. The molecule has 0 rings (SSSR count). The van der Waals surface area contributed by atoms with Crippen LogP contribution in [-0.2, 0) is 28.6 Å². The van der Waals surface area contributed by atoms with Gasteiger partial charge in [-0.1, -0.05) is 386 Å². The minimum absolute atomic E-state index is 0.0639. The number of ether oxygens (including phenoxy) is 3. The Hall–Kier alpha value is -1.85. The number of hydrogen-bond acceptors (Lipinski definition) is 6. The largest absolute Gasteiger partial charge is 0.462 e. The number of hydrogen-bond donors (Lipinski definition) is 0. The van der Waals surface area contributed by atoms with E-state index in [1.165, 1.54) is 340 Å². The highest BCUT2D eigenvalue weighted by molar-refractivity contribution is 5.71. The average molecular weight is 1160 g/mol. The number of carbonyl (C=O) groups is 3. The van der Waals surface area contributed by atoms with Crippen LogP contribution < -0.4 is 0 Å². The third-order valence-electron chi connectivity index (χ3n) is 17.5. The van der Waals surface area contributed by atoms with E-state index in [1.54, 1.807) is 0 Å². The van der Waals surface area contributed by atoms with Gasteiger partial charge in [-0.25, -0.2) is 0 Å². The summed E-state index contributed by atoms with van der Waals surface area (Å²) in [5.41, 5.74) is 0. The molecule has 0 N–H and O–H groups in total. The third-order valence-corrected chi connectivity index (χ3v) is 17.5. The maximum atomic E-state index is 13.0. The zero-order valence-corrected chi connectivity index (χ0v) is 56.1. The van der Waals surface area contributed by atoms with Crippen molar-refractivity contribution < 1.29 is 28.6 Å². The molecule has 1 unspecified atom stereocenters. The van der Waals surface area contributed by atoms with Crippen LogP contribution in [0.2, 0.25) is 0 Å². The monoisotopic (exact) mass is 1160 g/mol. The van der Waals surface area contributed by atoms with E-state index < -0.39 is 6.10 Å². The summed E-state index contributed by atoms with van der Waals surface area (Å²) >= 11 is 0. The normalized spacial score (nSPS) is 12.0. The molecule has 82 heavy (non-hydrogen) atoms. The van der Waals surface area contributed by atoms with Crippen molar-refractivity contribution in [2.75, 3.05) is 13.2 Å². The molecule has 0 amide bonds. The SMILES string of the molecule is CCCCCCCCC/C=C\CCCCCCCCCC(=O)OCC(COC(=O)CCCCCCCCCCCCCCCCCCCCCCCCCCC)OC(=O)CCCCCCCCCCCCCCCCCCCCCCC. The molecule has 0 bridgehead atoms. The third kappa shape index (κ3) is 68.9. The number of esters is 3. The molecular formula is C76H146O6. The molecule has 486 valence electrons. The van der Waals surface area contributed by atoms with Gasteiger partial charge in [-0.15, -0.1) is 0 Å². The predicted octanol–water partition coefficient (Wildman–Crippen LogP) is 26.0. The van der Waals surface area contributed by atoms with Gasteiger partial charge in [-0.05, 0) is 44.9 Å². The van der Waals surface area contributed by atoms with E-state index in [0.29, 0.717) is 19.3 Å². The summed E-state index contributed by atoms with van der Waals surface area (Å²) in [7, 11) is 0. The van der Waals surface area contributed by atoms with Crippen molar-refractivity contribution >= 4 is 17.9 Å². The predicted molar refractivity (Wildman–Crippen MR) is 358 cm³/mol. The fourth-order valence-corrected chi connectivity index (χ4v) is 11.9. The van der Waals surface area contributed by atoms with Gasteiger partial charge in [0.25, 0.3) is 0 Å². The molecule has 0 aromatic carbocycles. The van der Waals surface area contributed by atoms with Crippen LogP contribution in [0.5, 0.6) is 0 Å². The molecule has 0 spiro atoms. The van der Waals surface area contributed by atoms with Crippen LogP contribution in [0.25, 0.3) is 0 Å². The molecule has 6 nitrogen and oxygen atoms in total. The van der Waals surface area contributed by atoms with Crippen molar-refractivity contribution in [1.82, 2.24) is 0 Å². The van der Waals surface area contributed by atoms with Gasteiger partial charge >= 0.3 is 17.9 Å². The second-order valence-corrected chi connectivity index (χ2v) is 25.9. The number of unbranched alkanes of at least 4 members (excludes halogenated alkanes) is 58. The number of rotatable bonds is 71. The molecule has 0 fully saturated rings. The van der Waals surface area contributed by atoms with Crippen LogP contribution in [0.1, 0.15) is 438 Å². The van der Waals surface area contributed by atoms with E-state index in [0.717, 1.165) is 57.8 Å². The van der Waals surface area contributed by atoms with E-state index >= 15 is 0 Å². The molecule has 0 aromatic heterocycles. The number of allylic oxidation sites excluding steroid dienone is 2. The summed E-state index contributed by atoms with van der Waals surface area (Å²) in [4.78, 5) is 38.5. The first-order valence-corrected chi connectivity index (χ1v) is 37.7. The minimum atomic E-state index is -0.769. The van der Waals surface area contributed by atoms with Gasteiger partial charge in [-0.2, -0.15) is 0 Å². The standard InChI is InChI=1S/C76H146O6/c1-4-7-10-13-16-19-22-25-28-31-34-36-37-38-39-41-42-45-48-51-54-57-60-63-66-69-75(78)81-72-73(71-80-74(77)68-65-62-59-56-53-50-47-44-33-30-27-24-21-18-15-12-9-6-3)82-76(79)70-67-64-61-58-55-52-49-46-43-40-35-32-29-26-23-20-17-14-11-8-5-2/h30,33,73H,4-29,31-32,34-72H2,1-3H3/b33-30-. The Labute approximate surface area is 513 Å². The van der Waals surface area contributed by atoms with Crippen molar-refractivity contribution in [3.8, 4) is 0 Å². The van der Waals surface area contributed by atoms with Gasteiger partial charge in [0.05, 0.1) is 0 Å². The van der Waals surface area contributed by atoms with Gasteiger partial charge in [-0.3, -0.25) is 14.4 Å². The van der Waals surface area contributed by atoms with Gasteiger partial charge in [0.1, 0.15) is 13.2 Å². The number of carbonyl (C=O) groups excluding carboxylic acids is 3. The van der Waals surface area contributed by atoms with E-state index in [1.807, 2.05) is 0 Å². The molecule has 0 aliphatic rings. The highest BCUT2D eigenvalue weighted by Crippen LogP contribution is 2.20. The lowest BCUT2D eigenvalue weighted by atomic mass is 10.0. The molecule has 6 heteroatoms. The lowest BCUT2D eigenvalue weighted by Crippen LogP contribution is -2.30. The van der Waals surface area contributed by atoms with Crippen LogP contribution in [0.4, 0.5) is 0 Å². The topological polar surface area (TPSA) is 78.9 Å². The quantitative estimate of drug-likeness (QED) is 0.0261. The lowest BCUT2D eigenvalue weighted by Gasteiger charge is -2.18. The van der Waals surface area contributed by atoms with Gasteiger partial charge in [0.2, 0.25) is 0 Å². The zero-order valence-electron chi connectivity index (χ0n) is 56.1. The van der Waals surface area contributed by atoms with E-state index in [2.05, 4.69) is 32.9 Å². The summed E-state index contributed by atoms with van der Waals surface area (Å²) in [6.45, 7) is 6.74. The molecule has 0 aliphatic heterocycles. The molecule has 1 atom stereocenters. The van der Waals surface area contributed by atoms with Crippen LogP contribution in [-0.4, -0.2) is 37.2 Å². The first-order chi connectivity index (χ1) is 40.5. The van der Waals surface area contributed by atoms with Crippen molar-refractivity contribution in [3.05, 3.63) is 12.2 Å². The summed E-state index contributed by atoms with van der Waals surface area (Å²) in [5, 5.41) is 0. The van der Waals surface area contributed by atoms with Crippen LogP contribution in [0.3, 0.4) is 0 Å². The van der Waals surface area contributed by atoms with Gasteiger partial charge in [0, 0.05) is 19.3 Å². The second-order valence-electron chi connectivity index (χ2n) is 25.9. The van der Waals surface area contributed by atoms with Crippen LogP contribution in [0, 0.1) is 0 Å². The summed E-state index contributed by atoms with van der Waals surface area (Å²) in [6.07, 6.45) is 86.8. The smallest absolute Gasteiger partial charge is 0.306 e. The zero-order chi connectivity index (χ0) is 59.2. The molecule has 0 aliphatic carbocycles. The maximum absolute atomic E-state index is 13.0. The Morgan fingerprint density at radius 3 is 0.610 bits per heavy atom. The van der Waals surface area contributed by atoms with E-state index in [-0.39, 0.29) is 31.1 Å². The van der Waals surface area contributed by atoms with Crippen LogP contribution in [0.15, 0.2) is 12.2 Å². The highest BCUT2D eigenvalue weighted by Gasteiger charge is 2.20. The molecule has 0 saturated heterocycles.